The molecule has 4 aliphatic rings. The van der Waals surface area contributed by atoms with E-state index in [2.05, 4.69) is 0 Å². The molecule has 5 rings (SSSR count). The predicted molar refractivity (Wildman–Crippen MR) is 87.8 cm³/mol. The van der Waals surface area contributed by atoms with Gasteiger partial charge >= 0.3 is 6.18 Å². The largest absolute Gasteiger partial charge is 0.420 e. The van der Waals surface area contributed by atoms with Crippen molar-refractivity contribution in [2.45, 2.75) is 49.5 Å². The molecule has 0 radical (unpaired) electrons. The molecule has 6 nitrogen and oxygen atoms in total. The van der Waals surface area contributed by atoms with Crippen LogP contribution in [0, 0.1) is 29.0 Å². The molecule has 1 aromatic rings. The lowest BCUT2D eigenvalue weighted by atomic mass is 9.65. The number of rotatable bonds is 1. The second-order valence-corrected chi connectivity index (χ2v) is 8.24. The van der Waals surface area contributed by atoms with Crippen molar-refractivity contribution in [3.63, 3.8) is 0 Å². The number of hydrogen-bond acceptors (Lipinski definition) is 5. The molecular formula is C19H16F4N2O4. The number of benzene rings is 1. The van der Waals surface area contributed by atoms with Gasteiger partial charge in [0.15, 0.2) is 5.82 Å². The molecule has 4 heterocycles. The first-order chi connectivity index (χ1) is 13.5. The number of nitriles is 1. The van der Waals surface area contributed by atoms with Crippen LogP contribution in [0.5, 0.6) is 0 Å². The summed E-state index contributed by atoms with van der Waals surface area (Å²) < 4.78 is 67.1. The quantitative estimate of drug-likeness (QED) is 0.716. The molecule has 2 bridgehead atoms. The molecule has 0 unspecified atom stereocenters. The number of amides is 1. The highest BCUT2D eigenvalue weighted by atomic mass is 19.4. The van der Waals surface area contributed by atoms with Crippen LogP contribution in [0.25, 0.3) is 0 Å². The van der Waals surface area contributed by atoms with E-state index >= 15 is 4.39 Å². The fourth-order valence-electron chi connectivity index (χ4n) is 5.78. The van der Waals surface area contributed by atoms with Crippen LogP contribution in [0.1, 0.15) is 30.9 Å². The first-order valence-electron chi connectivity index (χ1n) is 9.18. The SMILES string of the molecule is C[C@@]12C[C@H](O)[C@]3(CCO[C@H]4[C@@H]3[C@@H]1C(=O)N4c1ccc(C#N)c(C(F)(F)F)c1F)O2. The number of hydrogen-bond donors (Lipinski definition) is 1. The van der Waals surface area contributed by atoms with E-state index in [4.69, 9.17) is 14.7 Å². The summed E-state index contributed by atoms with van der Waals surface area (Å²) in [4.78, 5) is 14.2. The lowest BCUT2D eigenvalue weighted by Crippen LogP contribution is -2.57. The normalized spacial score (nSPS) is 40.3. The molecule has 4 saturated heterocycles. The average molecular weight is 412 g/mol. The van der Waals surface area contributed by atoms with Gasteiger partial charge in [0.1, 0.15) is 17.4 Å². The van der Waals surface area contributed by atoms with Crippen LogP contribution in [-0.2, 0) is 20.4 Å². The van der Waals surface area contributed by atoms with E-state index in [-0.39, 0.29) is 13.0 Å². The molecule has 10 heteroatoms. The van der Waals surface area contributed by atoms with Gasteiger partial charge in [0.2, 0.25) is 5.91 Å². The maximum absolute atomic E-state index is 15.0. The van der Waals surface area contributed by atoms with Gasteiger partial charge in [-0.05, 0) is 19.1 Å². The summed E-state index contributed by atoms with van der Waals surface area (Å²) in [7, 11) is 0. The number of carbonyl (C=O) groups is 1. The third kappa shape index (κ3) is 2.13. The smallest absolute Gasteiger partial charge is 0.390 e. The standard InChI is InChI=1S/C19H16F4N2O4/c1-17-6-10(26)18(29-17)4-5-28-16-13(18)12(17)15(27)25(16)9-3-2-8(7-24)11(14(9)20)19(21,22)23/h2-3,10,12-13,16,26H,4-6H2,1H3/t10-,12+,13-,16-,17+,18-/m0/s1. The van der Waals surface area contributed by atoms with Gasteiger partial charge in [-0.3, -0.25) is 9.69 Å². The van der Waals surface area contributed by atoms with Crippen molar-refractivity contribution in [3.05, 3.63) is 29.1 Å². The highest BCUT2D eigenvalue weighted by Gasteiger charge is 2.78. The highest BCUT2D eigenvalue weighted by molar-refractivity contribution is 6.00. The zero-order valence-electron chi connectivity index (χ0n) is 15.2. The minimum Gasteiger partial charge on any atom is -0.390 e. The van der Waals surface area contributed by atoms with Crippen LogP contribution in [0.15, 0.2) is 12.1 Å². The summed E-state index contributed by atoms with van der Waals surface area (Å²) in [5.41, 5.74) is -5.20. The van der Waals surface area contributed by atoms with Crippen molar-refractivity contribution in [1.82, 2.24) is 0 Å². The average Bonchev–Trinajstić information content (AvgIpc) is 3.17. The third-order valence-corrected chi connectivity index (χ3v) is 6.80. The lowest BCUT2D eigenvalue weighted by Gasteiger charge is -2.43. The molecule has 1 spiro atoms. The Kier molecular flexibility index (Phi) is 3.55. The molecule has 0 aliphatic carbocycles. The van der Waals surface area contributed by atoms with Crippen molar-refractivity contribution in [1.29, 1.82) is 5.26 Å². The summed E-state index contributed by atoms with van der Waals surface area (Å²) in [6, 6.07) is 3.19. The molecule has 29 heavy (non-hydrogen) atoms. The number of fused-ring (bicyclic) bond motifs is 2. The fourth-order valence-corrected chi connectivity index (χ4v) is 5.78. The highest BCUT2D eigenvalue weighted by Crippen LogP contribution is 2.65. The van der Waals surface area contributed by atoms with Gasteiger partial charge in [0.05, 0.1) is 47.5 Å². The van der Waals surface area contributed by atoms with Gasteiger partial charge in [-0.1, -0.05) is 0 Å². The maximum atomic E-state index is 15.0. The Hall–Kier alpha value is -2.22. The summed E-state index contributed by atoms with van der Waals surface area (Å²) in [5.74, 6) is -3.68. The fraction of sp³-hybridized carbons (Fsp3) is 0.579. The molecule has 1 N–H and O–H groups in total. The number of aliphatic hydroxyl groups is 1. The Morgan fingerprint density at radius 3 is 2.76 bits per heavy atom. The van der Waals surface area contributed by atoms with Crippen LogP contribution in [-0.4, -0.2) is 41.2 Å². The zero-order chi connectivity index (χ0) is 20.9. The Morgan fingerprint density at radius 2 is 2.10 bits per heavy atom. The maximum Gasteiger partial charge on any atom is 0.420 e. The summed E-state index contributed by atoms with van der Waals surface area (Å²) in [6.45, 7) is 1.79. The minimum absolute atomic E-state index is 0.106. The predicted octanol–water partition coefficient (Wildman–Crippen LogP) is 2.33. The third-order valence-electron chi connectivity index (χ3n) is 6.80. The number of halogens is 4. The minimum atomic E-state index is -5.11. The Balaban J connectivity index is 1.67. The Morgan fingerprint density at radius 1 is 1.38 bits per heavy atom. The van der Waals surface area contributed by atoms with E-state index in [9.17, 15) is 23.1 Å². The van der Waals surface area contributed by atoms with Gasteiger partial charge in [-0.2, -0.15) is 18.4 Å². The first kappa shape index (κ1) is 18.8. The lowest BCUT2D eigenvalue weighted by molar-refractivity contribution is -0.163. The number of ether oxygens (including phenoxy) is 2. The van der Waals surface area contributed by atoms with Crippen LogP contribution in [0.2, 0.25) is 0 Å². The van der Waals surface area contributed by atoms with Gasteiger partial charge in [-0.25, -0.2) is 4.39 Å². The second kappa shape index (κ2) is 5.47. The van der Waals surface area contributed by atoms with E-state index in [1.165, 1.54) is 6.07 Å². The number of alkyl halides is 3. The van der Waals surface area contributed by atoms with Gasteiger partial charge in [-0.15, -0.1) is 0 Å². The van der Waals surface area contributed by atoms with E-state index in [0.29, 0.717) is 6.42 Å². The van der Waals surface area contributed by atoms with Crippen LogP contribution in [0.4, 0.5) is 23.2 Å². The second-order valence-electron chi connectivity index (χ2n) is 8.24. The summed E-state index contributed by atoms with van der Waals surface area (Å²) in [5, 5.41) is 19.5. The van der Waals surface area contributed by atoms with E-state index in [1.54, 1.807) is 6.92 Å². The van der Waals surface area contributed by atoms with E-state index in [0.717, 1.165) is 17.0 Å². The zero-order valence-corrected chi connectivity index (χ0v) is 15.2. The topological polar surface area (TPSA) is 82.8 Å². The van der Waals surface area contributed by atoms with Crippen molar-refractivity contribution in [3.8, 4) is 6.07 Å². The number of carbonyl (C=O) groups excluding carboxylic acids is 1. The van der Waals surface area contributed by atoms with Crippen LogP contribution in [0.3, 0.4) is 0 Å². The van der Waals surface area contributed by atoms with Crippen molar-refractivity contribution in [2.24, 2.45) is 11.8 Å². The van der Waals surface area contributed by atoms with Crippen LogP contribution >= 0.6 is 0 Å². The molecule has 1 amide bonds. The Bertz CT molecular complexity index is 976. The van der Waals surface area contributed by atoms with Gasteiger partial charge in [0.25, 0.3) is 0 Å². The van der Waals surface area contributed by atoms with Crippen molar-refractivity contribution >= 4 is 11.6 Å². The number of aliphatic hydroxyl groups excluding tert-OH is 1. The monoisotopic (exact) mass is 412 g/mol. The van der Waals surface area contributed by atoms with Crippen molar-refractivity contribution < 1.29 is 36.9 Å². The first-order valence-corrected chi connectivity index (χ1v) is 9.18. The molecule has 0 saturated carbocycles. The van der Waals surface area contributed by atoms with Gasteiger partial charge in [0, 0.05) is 12.8 Å². The van der Waals surface area contributed by atoms with E-state index < -0.39 is 70.1 Å². The summed E-state index contributed by atoms with van der Waals surface area (Å²) in [6.07, 6.45) is -6.45. The molecular weight excluding hydrogens is 396 g/mol. The molecule has 4 fully saturated rings. The number of nitrogens with zero attached hydrogens (tertiary/aromatic N) is 2. The number of anilines is 1. The van der Waals surface area contributed by atoms with Gasteiger partial charge < -0.3 is 14.6 Å². The molecule has 1 aromatic carbocycles. The molecule has 4 aliphatic heterocycles. The van der Waals surface area contributed by atoms with E-state index in [1.807, 2.05) is 0 Å². The molecule has 0 aromatic heterocycles. The van der Waals surface area contributed by atoms with Crippen molar-refractivity contribution in [2.75, 3.05) is 11.5 Å². The van der Waals surface area contributed by atoms with Crippen LogP contribution < -0.4 is 4.90 Å². The molecule has 6 atom stereocenters. The summed E-state index contributed by atoms with van der Waals surface area (Å²) >= 11 is 0. The Labute approximate surface area is 162 Å². The molecule has 154 valence electrons.